The molecular formula is C64H51Br2F5N8O11S2. The Morgan fingerprint density at radius 1 is 0.511 bits per heavy atom. The molecule has 0 amide bonds. The van der Waals surface area contributed by atoms with Gasteiger partial charge in [0.1, 0.15) is 27.9 Å². The van der Waals surface area contributed by atoms with Crippen LogP contribution >= 0.6 is 31.9 Å². The smallest absolute Gasteiger partial charge is 0.339 e. The molecule has 0 saturated heterocycles. The minimum absolute atomic E-state index is 0.00322. The van der Waals surface area contributed by atoms with Crippen LogP contribution < -0.4 is 43.9 Å². The van der Waals surface area contributed by atoms with Crippen LogP contribution in [0.15, 0.2) is 199 Å². The molecule has 0 radical (unpaired) electrons. The molecule has 0 fully saturated rings. The maximum Gasteiger partial charge on any atom is 0.339 e. The predicted octanol–water partition coefficient (Wildman–Crippen LogP) is 12.9. The number of sulfonamides is 1. The van der Waals surface area contributed by atoms with E-state index in [1.165, 1.54) is 60.0 Å². The number of nitrogens with zero attached hydrogens (tertiary/aromatic N) is 7. The Morgan fingerprint density at radius 3 is 1.41 bits per heavy atom. The maximum atomic E-state index is 14.0. The number of halogens is 7. The molecule has 19 nitrogen and oxygen atoms in total. The fourth-order valence-electron chi connectivity index (χ4n) is 9.07. The van der Waals surface area contributed by atoms with Crippen LogP contribution in [-0.4, -0.2) is 74.3 Å². The van der Waals surface area contributed by atoms with Gasteiger partial charge >= 0.3 is 10.1 Å². The van der Waals surface area contributed by atoms with E-state index in [1.807, 2.05) is 37.3 Å². The average Bonchev–Trinajstić information content (AvgIpc) is 0.793. The number of methoxy groups -OCH3 is 4. The van der Waals surface area contributed by atoms with E-state index in [2.05, 4.69) is 61.3 Å². The zero-order valence-corrected chi connectivity index (χ0v) is 54.0. The van der Waals surface area contributed by atoms with Crippen molar-refractivity contribution < 1.29 is 61.9 Å². The molecule has 0 aliphatic rings. The van der Waals surface area contributed by atoms with E-state index >= 15 is 0 Å². The van der Waals surface area contributed by atoms with Gasteiger partial charge in [-0.3, -0.25) is 18.7 Å². The van der Waals surface area contributed by atoms with E-state index in [4.69, 9.17) is 18.9 Å². The molecule has 28 heteroatoms. The Labute approximate surface area is 539 Å². The number of aromatic nitrogens is 6. The van der Waals surface area contributed by atoms with Crippen molar-refractivity contribution in [2.45, 2.75) is 36.7 Å². The van der Waals surface area contributed by atoms with E-state index in [0.29, 0.717) is 52.0 Å². The third-order valence-electron chi connectivity index (χ3n) is 13.8. The lowest BCUT2D eigenvalue weighted by molar-refractivity contribution is 0.346. The van der Waals surface area contributed by atoms with Crippen LogP contribution in [0.25, 0.3) is 33.2 Å². The third kappa shape index (κ3) is 14.5. The zero-order valence-electron chi connectivity index (χ0n) is 49.2. The molecule has 11 aromatic rings. The van der Waals surface area contributed by atoms with Gasteiger partial charge in [0.15, 0.2) is 0 Å². The van der Waals surface area contributed by atoms with Gasteiger partial charge in [0.05, 0.1) is 62.3 Å². The Morgan fingerprint density at radius 2 is 0.946 bits per heavy atom. The van der Waals surface area contributed by atoms with E-state index in [-0.39, 0.29) is 33.9 Å². The highest BCUT2D eigenvalue weighted by Gasteiger charge is 2.32. The number of pyridine rings is 2. The van der Waals surface area contributed by atoms with Gasteiger partial charge in [0.25, 0.3) is 21.1 Å². The summed E-state index contributed by atoms with van der Waals surface area (Å²) in [6.07, 6.45) is 6.41. The second-order valence-corrected chi connectivity index (χ2v) is 24.7. The van der Waals surface area contributed by atoms with Crippen LogP contribution in [0.1, 0.15) is 22.3 Å². The first-order valence-electron chi connectivity index (χ1n) is 27.0. The highest BCUT2D eigenvalue weighted by molar-refractivity contribution is 9.10. The molecule has 0 bridgehead atoms. The molecule has 0 aliphatic heterocycles. The second-order valence-electron chi connectivity index (χ2n) is 19.6. The predicted molar refractivity (Wildman–Crippen MR) is 342 cm³/mol. The number of hydrogen-bond donors (Lipinski definition) is 1. The summed E-state index contributed by atoms with van der Waals surface area (Å²) in [4.78, 5) is 41.8. The first-order chi connectivity index (χ1) is 44.0. The Kier molecular flexibility index (Phi) is 20.7. The van der Waals surface area contributed by atoms with Gasteiger partial charge in [0.2, 0.25) is 46.7 Å². The van der Waals surface area contributed by atoms with Gasteiger partial charge in [0, 0.05) is 63.2 Å². The quantitative estimate of drug-likeness (QED) is 0.0387. The number of nitrogens with one attached hydrogen (secondary N) is 1. The SMILES string of the molecule is COc1cc(Br)c(C)cc1-n1c(=O)ccc2cc(S(=O)(=O)Oc3c(F)c(F)c(F)c(F)c3F)ccc21.COc1ccc(CN(c2ncccn2)S(=O)(=O)c2ccc3c(ccc(=O)n3-c3cc(C)c(Br)cc3OC)c2)cc1.COc1ccc(CNc2ncccn2)cc1. The van der Waals surface area contributed by atoms with Crippen LogP contribution in [0.5, 0.6) is 28.7 Å². The fourth-order valence-corrected chi connectivity index (χ4v) is 12.1. The lowest BCUT2D eigenvalue weighted by Crippen LogP contribution is -2.32. The first-order valence-corrected chi connectivity index (χ1v) is 31.4. The Balaban J connectivity index is 0.000000177. The number of rotatable bonds is 17. The van der Waals surface area contributed by atoms with Gasteiger partial charge in [-0.2, -0.15) is 17.2 Å². The topological polar surface area (TPSA) is 225 Å². The van der Waals surface area contributed by atoms with Gasteiger partial charge in [-0.25, -0.2) is 45.8 Å². The zero-order chi connectivity index (χ0) is 66.2. The number of ether oxygens (including phenoxy) is 4. The maximum absolute atomic E-state index is 14.0. The van der Waals surface area contributed by atoms with Crippen molar-refractivity contribution in [3.8, 4) is 40.1 Å². The molecular weight excluding hydrogens is 1380 g/mol. The largest absolute Gasteiger partial charge is 0.497 e. The molecule has 0 spiro atoms. The highest BCUT2D eigenvalue weighted by Crippen LogP contribution is 2.36. The summed E-state index contributed by atoms with van der Waals surface area (Å²) in [6, 6.07) is 38.7. The van der Waals surface area contributed by atoms with Crippen molar-refractivity contribution >= 4 is 85.7 Å². The van der Waals surface area contributed by atoms with Crippen LogP contribution in [0, 0.1) is 42.9 Å². The van der Waals surface area contributed by atoms with E-state index in [0.717, 1.165) is 59.5 Å². The first kappa shape index (κ1) is 66.6. The van der Waals surface area contributed by atoms with E-state index in [9.17, 15) is 48.4 Å². The van der Waals surface area contributed by atoms with Crippen molar-refractivity contribution in [3.05, 3.63) is 251 Å². The van der Waals surface area contributed by atoms with Crippen LogP contribution in [0.2, 0.25) is 0 Å². The molecule has 4 aromatic heterocycles. The summed E-state index contributed by atoms with van der Waals surface area (Å²) < 4.78 is 153. The van der Waals surface area contributed by atoms with Gasteiger partial charge in [-0.1, -0.05) is 56.1 Å². The van der Waals surface area contributed by atoms with Gasteiger partial charge in [-0.05, 0) is 145 Å². The second kappa shape index (κ2) is 28.6. The molecule has 92 heavy (non-hydrogen) atoms. The molecule has 0 atom stereocenters. The molecule has 7 aromatic carbocycles. The average molecular weight is 1430 g/mol. The van der Waals surface area contributed by atoms with Gasteiger partial charge in [-0.15, -0.1) is 0 Å². The van der Waals surface area contributed by atoms with Crippen LogP contribution in [0.4, 0.5) is 33.8 Å². The monoisotopic (exact) mass is 1420 g/mol. The minimum Gasteiger partial charge on any atom is -0.497 e. The van der Waals surface area contributed by atoms with Crippen molar-refractivity contribution in [3.63, 3.8) is 0 Å². The molecule has 474 valence electrons. The summed E-state index contributed by atoms with van der Waals surface area (Å²) >= 11 is 6.88. The lowest BCUT2D eigenvalue weighted by atomic mass is 10.1. The third-order valence-corrected chi connectivity index (χ3v) is 18.5. The fraction of sp³-hybridized carbons (Fsp3) is 0.125. The Bertz CT molecular complexity index is 4880. The van der Waals surface area contributed by atoms with E-state index < -0.39 is 65.4 Å². The molecule has 0 saturated carbocycles. The number of benzene rings is 7. The number of aryl methyl sites for hydroxylation is 2. The number of hydrogen-bond acceptors (Lipinski definition) is 16. The Hall–Kier alpha value is -9.77. The molecule has 1 N–H and O–H groups in total. The summed E-state index contributed by atoms with van der Waals surface area (Å²) in [5.41, 5.74) is 4.48. The normalized spacial score (nSPS) is 11.2. The summed E-state index contributed by atoms with van der Waals surface area (Å²) in [5, 5.41) is 3.87. The van der Waals surface area contributed by atoms with Crippen molar-refractivity contribution in [2.75, 3.05) is 38.1 Å². The number of anilines is 2. The summed E-state index contributed by atoms with van der Waals surface area (Å²) in [5.74, 6) is -11.0. The molecule has 0 unspecified atom stereocenters. The molecule has 0 aliphatic carbocycles. The standard InChI is InChI=1S/C29H25BrN4O5S.C23H13BrF5NO5S.C12H13N3O/c1-19-15-26(27(39-3)17-24(19)30)34-25-11-10-23(16-21(25)7-12-28(34)35)40(36,37)33(29-31-13-4-14-32-29)18-20-5-8-22(38-2)9-6-20;1-10-7-15(16(34-2)9-13(10)24)30-14-5-4-12(8-11(14)3-6-17(30)31)36(32,33)35-23-21(28)19(26)18(25)20(27)22(23)29;1-16-11-5-3-10(4-6-11)9-15-12-13-7-2-8-14-12/h4-17H,18H2,1-3H3;3-9H,1-2H3;2-8H,9H2,1H3,(H,13,14,15). The lowest BCUT2D eigenvalue weighted by Gasteiger charge is -2.23. The summed E-state index contributed by atoms with van der Waals surface area (Å²) in [6.45, 7) is 4.40. The van der Waals surface area contributed by atoms with Crippen LogP contribution in [0.3, 0.4) is 0 Å². The van der Waals surface area contributed by atoms with Crippen molar-refractivity contribution in [1.82, 2.24) is 29.1 Å². The number of fused-ring (bicyclic) bond motifs is 2. The van der Waals surface area contributed by atoms with E-state index in [1.54, 1.807) is 106 Å². The van der Waals surface area contributed by atoms with Crippen LogP contribution in [-0.2, 0) is 33.2 Å². The van der Waals surface area contributed by atoms with Crippen molar-refractivity contribution in [1.29, 1.82) is 0 Å². The molecule has 4 heterocycles. The van der Waals surface area contributed by atoms with Gasteiger partial charge < -0.3 is 28.4 Å². The minimum atomic E-state index is -5.06. The summed E-state index contributed by atoms with van der Waals surface area (Å²) in [7, 11) is -3.02. The molecule has 11 rings (SSSR count). The highest BCUT2D eigenvalue weighted by atomic mass is 79.9. The van der Waals surface area contributed by atoms with Crippen molar-refractivity contribution in [2.24, 2.45) is 0 Å².